The fourth-order valence-electron chi connectivity index (χ4n) is 4.20. The fourth-order valence-corrected chi connectivity index (χ4v) is 4.20. The molecule has 1 nitrogen and oxygen atoms in total. The highest BCUT2D eigenvalue weighted by atomic mass is 15.0. The minimum absolute atomic E-state index is 0.706. The predicted molar refractivity (Wildman–Crippen MR) is 81.4 cm³/mol. The molecule has 0 aromatic heterocycles. The van der Waals surface area contributed by atoms with Crippen LogP contribution in [0.3, 0.4) is 0 Å². The zero-order chi connectivity index (χ0) is 13.2. The Bertz CT molecular complexity index is 425. The molecule has 1 saturated carbocycles. The van der Waals surface area contributed by atoms with Crippen molar-refractivity contribution >= 4 is 0 Å². The summed E-state index contributed by atoms with van der Waals surface area (Å²) in [6, 6.07) is 10.5. The second-order valence-corrected chi connectivity index (χ2v) is 6.59. The van der Waals surface area contributed by atoms with Gasteiger partial charge in [-0.2, -0.15) is 0 Å². The van der Waals surface area contributed by atoms with Crippen molar-refractivity contribution in [3.63, 3.8) is 0 Å². The van der Waals surface area contributed by atoms with Crippen LogP contribution in [0.2, 0.25) is 0 Å². The molecule has 1 aromatic rings. The van der Waals surface area contributed by atoms with E-state index in [4.69, 9.17) is 0 Å². The largest absolute Gasteiger partial charge is 0.311 e. The average molecular weight is 257 g/mol. The molecule has 3 rings (SSSR count). The van der Waals surface area contributed by atoms with E-state index in [1.54, 1.807) is 11.1 Å². The second-order valence-electron chi connectivity index (χ2n) is 6.59. The maximum Gasteiger partial charge on any atom is 0.0113 e. The first-order chi connectivity index (χ1) is 9.28. The van der Waals surface area contributed by atoms with Gasteiger partial charge >= 0.3 is 0 Å². The molecule has 2 aliphatic carbocycles. The van der Waals surface area contributed by atoms with Gasteiger partial charge in [-0.15, -0.1) is 0 Å². The van der Waals surface area contributed by atoms with E-state index in [1.165, 1.54) is 38.5 Å². The molecule has 0 bridgehead atoms. The van der Waals surface area contributed by atoms with E-state index in [9.17, 15) is 0 Å². The minimum atomic E-state index is 0.706. The predicted octanol–water partition coefficient (Wildman–Crippen LogP) is 3.96. The Hall–Kier alpha value is -0.820. The summed E-state index contributed by atoms with van der Waals surface area (Å²) in [5.41, 5.74) is 3.15. The normalized spacial score (nSPS) is 34.2. The Balaban J connectivity index is 1.61. The summed E-state index contributed by atoms with van der Waals surface area (Å²) in [4.78, 5) is 0. The van der Waals surface area contributed by atoms with Crippen molar-refractivity contribution in [3.05, 3.63) is 35.4 Å². The minimum Gasteiger partial charge on any atom is -0.311 e. The van der Waals surface area contributed by atoms with Gasteiger partial charge in [0.05, 0.1) is 0 Å². The van der Waals surface area contributed by atoms with Crippen LogP contribution in [0.4, 0.5) is 0 Å². The van der Waals surface area contributed by atoms with Gasteiger partial charge in [-0.05, 0) is 55.1 Å². The van der Waals surface area contributed by atoms with Crippen LogP contribution in [-0.4, -0.2) is 12.1 Å². The molecule has 0 radical (unpaired) electrons. The summed E-state index contributed by atoms with van der Waals surface area (Å²) < 4.78 is 0. The average Bonchev–Trinajstić information content (AvgIpc) is 2.79. The number of benzene rings is 1. The van der Waals surface area contributed by atoms with Crippen LogP contribution >= 0.6 is 0 Å². The van der Waals surface area contributed by atoms with Crippen molar-refractivity contribution in [2.75, 3.05) is 0 Å². The van der Waals surface area contributed by atoms with Gasteiger partial charge in [0.1, 0.15) is 0 Å². The van der Waals surface area contributed by atoms with Gasteiger partial charge in [0.15, 0.2) is 0 Å². The highest BCUT2D eigenvalue weighted by Crippen LogP contribution is 2.34. The molecule has 1 fully saturated rings. The molecule has 0 spiro atoms. The Morgan fingerprint density at radius 3 is 2.63 bits per heavy atom. The first-order valence-electron chi connectivity index (χ1n) is 8.10. The molecule has 1 heteroatoms. The van der Waals surface area contributed by atoms with Crippen LogP contribution in [0.15, 0.2) is 24.3 Å². The van der Waals surface area contributed by atoms with Crippen molar-refractivity contribution in [1.29, 1.82) is 0 Å². The third-order valence-electron chi connectivity index (χ3n) is 5.55. The lowest BCUT2D eigenvalue weighted by Gasteiger charge is -2.30. The van der Waals surface area contributed by atoms with E-state index in [0.717, 1.165) is 17.9 Å². The molecule has 4 atom stereocenters. The van der Waals surface area contributed by atoms with E-state index in [2.05, 4.69) is 43.4 Å². The van der Waals surface area contributed by atoms with E-state index in [1.807, 2.05) is 0 Å². The molecular formula is C18H27N. The number of nitrogens with one attached hydrogen (secondary N) is 1. The fraction of sp³-hybridized carbons (Fsp3) is 0.667. The van der Waals surface area contributed by atoms with E-state index >= 15 is 0 Å². The summed E-state index contributed by atoms with van der Waals surface area (Å²) in [7, 11) is 0. The van der Waals surface area contributed by atoms with E-state index < -0.39 is 0 Å². The summed E-state index contributed by atoms with van der Waals surface area (Å²) in [5, 5.41) is 3.97. The first-order valence-corrected chi connectivity index (χ1v) is 8.10. The molecule has 0 aliphatic heterocycles. The molecule has 0 heterocycles. The number of fused-ring (bicyclic) bond motifs is 1. The molecule has 4 unspecified atom stereocenters. The molecule has 2 aliphatic rings. The smallest absolute Gasteiger partial charge is 0.0113 e. The standard InChI is InChI=1S/C18H27N/c1-3-14-9-11-18(13(14)2)19-17-10-8-15-6-4-5-7-16(15)12-17/h4-7,13-14,17-19H,3,8-12H2,1-2H3. The highest BCUT2D eigenvalue weighted by Gasteiger charge is 2.33. The SMILES string of the molecule is CCC1CCC(NC2CCc3ccccc3C2)C1C. The van der Waals surface area contributed by atoms with Gasteiger partial charge < -0.3 is 5.32 Å². The topological polar surface area (TPSA) is 12.0 Å². The molecular weight excluding hydrogens is 230 g/mol. The Morgan fingerprint density at radius 1 is 1.11 bits per heavy atom. The molecule has 0 amide bonds. The van der Waals surface area contributed by atoms with Gasteiger partial charge in [-0.3, -0.25) is 0 Å². The molecule has 1 N–H and O–H groups in total. The van der Waals surface area contributed by atoms with Gasteiger partial charge in [0.25, 0.3) is 0 Å². The van der Waals surface area contributed by atoms with E-state index in [0.29, 0.717) is 6.04 Å². The van der Waals surface area contributed by atoms with Gasteiger partial charge in [-0.1, -0.05) is 44.5 Å². The van der Waals surface area contributed by atoms with Crippen molar-refractivity contribution in [3.8, 4) is 0 Å². The monoisotopic (exact) mass is 257 g/mol. The second kappa shape index (κ2) is 5.66. The number of rotatable bonds is 3. The number of aryl methyl sites for hydroxylation is 1. The van der Waals surface area contributed by atoms with Crippen molar-refractivity contribution in [2.45, 2.75) is 64.5 Å². The lowest BCUT2D eigenvalue weighted by molar-refractivity contribution is 0.308. The quantitative estimate of drug-likeness (QED) is 0.864. The Kier molecular flexibility index (Phi) is 3.93. The number of hydrogen-bond acceptors (Lipinski definition) is 1. The van der Waals surface area contributed by atoms with Crippen LogP contribution < -0.4 is 5.32 Å². The zero-order valence-electron chi connectivity index (χ0n) is 12.4. The first kappa shape index (κ1) is 13.2. The Morgan fingerprint density at radius 2 is 1.89 bits per heavy atom. The van der Waals surface area contributed by atoms with Crippen LogP contribution in [-0.2, 0) is 12.8 Å². The van der Waals surface area contributed by atoms with Crippen molar-refractivity contribution < 1.29 is 0 Å². The zero-order valence-corrected chi connectivity index (χ0v) is 12.4. The lowest BCUT2D eigenvalue weighted by atomic mass is 9.87. The van der Waals surface area contributed by atoms with E-state index in [-0.39, 0.29) is 0 Å². The highest BCUT2D eigenvalue weighted by molar-refractivity contribution is 5.30. The number of hydrogen-bond donors (Lipinski definition) is 1. The summed E-state index contributed by atoms with van der Waals surface area (Å²) in [6.45, 7) is 4.80. The molecule has 104 valence electrons. The van der Waals surface area contributed by atoms with Crippen molar-refractivity contribution in [2.24, 2.45) is 11.8 Å². The van der Waals surface area contributed by atoms with Crippen molar-refractivity contribution in [1.82, 2.24) is 5.32 Å². The van der Waals surface area contributed by atoms with Crippen LogP contribution in [0.5, 0.6) is 0 Å². The molecule has 19 heavy (non-hydrogen) atoms. The third-order valence-corrected chi connectivity index (χ3v) is 5.55. The van der Waals surface area contributed by atoms with Crippen LogP contribution in [0, 0.1) is 11.8 Å². The summed E-state index contributed by atoms with van der Waals surface area (Å²) in [6.07, 6.45) is 7.97. The third kappa shape index (κ3) is 2.72. The van der Waals surface area contributed by atoms with Crippen LogP contribution in [0.25, 0.3) is 0 Å². The van der Waals surface area contributed by atoms with Gasteiger partial charge in [-0.25, -0.2) is 0 Å². The maximum absolute atomic E-state index is 3.97. The lowest BCUT2D eigenvalue weighted by Crippen LogP contribution is -2.43. The van der Waals surface area contributed by atoms with Gasteiger partial charge in [0.2, 0.25) is 0 Å². The van der Waals surface area contributed by atoms with Crippen LogP contribution in [0.1, 0.15) is 50.7 Å². The maximum atomic E-state index is 3.97. The summed E-state index contributed by atoms with van der Waals surface area (Å²) >= 11 is 0. The Labute approximate surface area is 117 Å². The summed E-state index contributed by atoms with van der Waals surface area (Å²) in [5.74, 6) is 1.82. The molecule has 1 aromatic carbocycles. The van der Waals surface area contributed by atoms with Gasteiger partial charge in [0, 0.05) is 12.1 Å². The molecule has 0 saturated heterocycles.